The number of halogens is 1. The molecule has 5 rings (SSSR count). The lowest BCUT2D eigenvalue weighted by molar-refractivity contribution is -0.239. The lowest BCUT2D eigenvalue weighted by Crippen LogP contribution is -2.51. The zero-order valence-corrected chi connectivity index (χ0v) is 21.1. The molecule has 11 nitrogen and oxygen atoms in total. The summed E-state index contributed by atoms with van der Waals surface area (Å²) in [5, 5.41) is 43.5. The van der Waals surface area contributed by atoms with Crippen LogP contribution in [0.1, 0.15) is 68.8 Å². The molecule has 12 heteroatoms. The molecule has 2 unspecified atom stereocenters. The number of nitrogens with two attached hydrogens (primary N) is 1. The monoisotopic (exact) mass is 545 g/mol. The molecule has 2 aromatic carbocycles. The SMILES string of the molecule is COc1cccc2c1C(=O)c1c(O)c3c(c(O)c1C2=O)C[C@@](O)(C(=O)CO)CC3OC1C[C@@H](N)[C@@H](F)[C@@H](C)O1. The van der Waals surface area contributed by atoms with Gasteiger partial charge in [-0.05, 0) is 13.0 Å². The van der Waals surface area contributed by atoms with Crippen LogP contribution in [0.25, 0.3) is 0 Å². The quantitative estimate of drug-likeness (QED) is 0.288. The van der Waals surface area contributed by atoms with E-state index >= 15 is 0 Å². The minimum atomic E-state index is -2.27. The molecule has 0 aromatic heterocycles. The summed E-state index contributed by atoms with van der Waals surface area (Å²) in [7, 11) is 1.31. The minimum absolute atomic E-state index is 0.0637. The summed E-state index contributed by atoms with van der Waals surface area (Å²) in [6.45, 7) is 0.418. The normalized spacial score (nSPS) is 29.8. The van der Waals surface area contributed by atoms with Crippen molar-refractivity contribution in [1.82, 2.24) is 0 Å². The molecule has 2 aromatic rings. The van der Waals surface area contributed by atoms with Gasteiger partial charge in [0.15, 0.2) is 17.9 Å². The summed E-state index contributed by atoms with van der Waals surface area (Å²) in [5.41, 5.74) is 2.11. The van der Waals surface area contributed by atoms with Crippen molar-refractivity contribution >= 4 is 17.3 Å². The average molecular weight is 546 g/mol. The van der Waals surface area contributed by atoms with Crippen LogP contribution in [0.3, 0.4) is 0 Å². The fraction of sp³-hybridized carbons (Fsp3) is 0.444. The molecule has 0 bridgehead atoms. The molecule has 1 fully saturated rings. The van der Waals surface area contributed by atoms with Crippen LogP contribution in [0.4, 0.5) is 4.39 Å². The molecule has 0 saturated carbocycles. The van der Waals surface area contributed by atoms with Crippen LogP contribution in [0.2, 0.25) is 0 Å². The molecule has 1 heterocycles. The van der Waals surface area contributed by atoms with E-state index < -0.39 is 95.7 Å². The third-order valence-corrected chi connectivity index (χ3v) is 7.74. The number of phenols is 2. The maximum atomic E-state index is 14.2. The van der Waals surface area contributed by atoms with Crippen molar-refractivity contribution in [2.24, 2.45) is 5.73 Å². The third kappa shape index (κ3) is 4.10. The van der Waals surface area contributed by atoms with E-state index in [0.717, 1.165) is 0 Å². The van der Waals surface area contributed by atoms with Gasteiger partial charge in [0, 0.05) is 42.0 Å². The maximum absolute atomic E-state index is 14.2. The zero-order chi connectivity index (χ0) is 28.4. The number of phenolic OH excluding ortho intramolecular Hbond substituents is 2. The summed E-state index contributed by atoms with van der Waals surface area (Å²) in [6.07, 6.45) is -6.14. The second-order valence-corrected chi connectivity index (χ2v) is 10.1. The van der Waals surface area contributed by atoms with E-state index in [9.17, 15) is 39.2 Å². The van der Waals surface area contributed by atoms with Crippen molar-refractivity contribution in [2.45, 2.75) is 62.5 Å². The molecule has 0 amide bonds. The third-order valence-electron chi connectivity index (χ3n) is 7.74. The fourth-order valence-electron chi connectivity index (χ4n) is 5.74. The average Bonchev–Trinajstić information content (AvgIpc) is 2.90. The maximum Gasteiger partial charge on any atom is 0.202 e. The first-order valence-corrected chi connectivity index (χ1v) is 12.4. The zero-order valence-electron chi connectivity index (χ0n) is 21.1. The van der Waals surface area contributed by atoms with Gasteiger partial charge >= 0.3 is 0 Å². The molecule has 3 aliphatic rings. The first kappa shape index (κ1) is 27.2. The van der Waals surface area contributed by atoms with Crippen LogP contribution >= 0.6 is 0 Å². The number of hydrogen-bond acceptors (Lipinski definition) is 11. The topological polar surface area (TPSA) is 186 Å². The van der Waals surface area contributed by atoms with Crippen molar-refractivity contribution in [3.63, 3.8) is 0 Å². The van der Waals surface area contributed by atoms with Gasteiger partial charge in [0.25, 0.3) is 0 Å². The molecular weight excluding hydrogens is 517 g/mol. The van der Waals surface area contributed by atoms with E-state index in [2.05, 4.69) is 0 Å². The van der Waals surface area contributed by atoms with Crippen molar-refractivity contribution < 1.29 is 53.4 Å². The lowest BCUT2D eigenvalue weighted by Gasteiger charge is -2.41. The molecule has 1 saturated heterocycles. The predicted octanol–water partition coefficient (Wildman–Crippen LogP) is 0.978. The number of hydrogen-bond donors (Lipinski definition) is 5. The predicted molar refractivity (Wildman–Crippen MR) is 131 cm³/mol. The van der Waals surface area contributed by atoms with Gasteiger partial charge < -0.3 is 40.4 Å². The molecule has 6 atom stereocenters. The summed E-state index contributed by atoms with van der Waals surface area (Å²) in [4.78, 5) is 39.7. The molecule has 2 aliphatic carbocycles. The molecule has 39 heavy (non-hydrogen) atoms. The lowest BCUT2D eigenvalue weighted by atomic mass is 9.72. The van der Waals surface area contributed by atoms with Gasteiger partial charge in [0.2, 0.25) is 5.78 Å². The number of carbonyl (C=O) groups excluding carboxylic acids is 3. The van der Waals surface area contributed by atoms with E-state index in [-0.39, 0.29) is 34.4 Å². The molecule has 1 aliphatic heterocycles. The van der Waals surface area contributed by atoms with Gasteiger partial charge in [-0.15, -0.1) is 0 Å². The van der Waals surface area contributed by atoms with Crippen LogP contribution < -0.4 is 10.5 Å². The Morgan fingerprint density at radius 1 is 1.18 bits per heavy atom. The van der Waals surface area contributed by atoms with Gasteiger partial charge in [-0.1, -0.05) is 12.1 Å². The number of ether oxygens (including phenoxy) is 3. The van der Waals surface area contributed by atoms with Gasteiger partial charge in [-0.2, -0.15) is 0 Å². The van der Waals surface area contributed by atoms with Crippen molar-refractivity contribution in [2.75, 3.05) is 13.7 Å². The van der Waals surface area contributed by atoms with E-state index in [4.69, 9.17) is 19.9 Å². The van der Waals surface area contributed by atoms with Gasteiger partial charge in [-0.25, -0.2) is 4.39 Å². The second kappa shape index (κ2) is 9.65. The smallest absolute Gasteiger partial charge is 0.202 e. The van der Waals surface area contributed by atoms with Crippen LogP contribution in [0.15, 0.2) is 18.2 Å². The number of rotatable bonds is 5. The number of aromatic hydroxyl groups is 2. The van der Waals surface area contributed by atoms with Crippen molar-refractivity contribution in [3.8, 4) is 17.2 Å². The highest BCUT2D eigenvalue weighted by Crippen LogP contribution is 2.52. The number of benzene rings is 2. The second-order valence-electron chi connectivity index (χ2n) is 10.1. The van der Waals surface area contributed by atoms with Gasteiger partial charge in [-0.3, -0.25) is 14.4 Å². The number of ketones is 3. The van der Waals surface area contributed by atoms with Crippen LogP contribution in [-0.2, 0) is 20.7 Å². The highest BCUT2D eigenvalue weighted by atomic mass is 19.1. The number of aliphatic hydroxyl groups is 2. The Morgan fingerprint density at radius 3 is 2.51 bits per heavy atom. The number of fused-ring (bicyclic) bond motifs is 3. The molecule has 6 N–H and O–H groups in total. The first-order valence-electron chi connectivity index (χ1n) is 12.4. The Bertz CT molecular complexity index is 1380. The van der Waals surface area contributed by atoms with Crippen LogP contribution in [0.5, 0.6) is 17.2 Å². The summed E-state index contributed by atoms with van der Waals surface area (Å²) < 4.78 is 31.0. The number of Topliss-reactive ketones (excluding diaryl/α,β-unsaturated/α-hetero) is 1. The Balaban J connectivity index is 1.69. The Kier molecular flexibility index (Phi) is 6.72. The summed E-state index contributed by atoms with van der Waals surface area (Å²) in [6, 6.07) is 3.38. The van der Waals surface area contributed by atoms with E-state index in [1.54, 1.807) is 0 Å². The summed E-state index contributed by atoms with van der Waals surface area (Å²) >= 11 is 0. The van der Waals surface area contributed by atoms with Crippen LogP contribution in [-0.4, -0.2) is 81.7 Å². The largest absolute Gasteiger partial charge is 0.507 e. The van der Waals surface area contributed by atoms with Gasteiger partial charge in [0.05, 0.1) is 36.0 Å². The molecule has 0 radical (unpaired) electrons. The standard InChI is InChI=1S/C27H28FNO10/c1-10-22(28)13(29)6-17(38-10)39-15-8-27(36,16(31)9-30)7-12-19(15)26(35)21-20(24(12)33)23(32)11-4-3-5-14(37-2)18(11)25(21)34/h3-5,10,13,15,17,22,30,33,35-36H,6-9,29H2,1-2H3/t10-,13-,15?,17?,22+,27+/m1/s1. The fourth-order valence-corrected chi connectivity index (χ4v) is 5.74. The van der Waals surface area contributed by atoms with Crippen LogP contribution in [0, 0.1) is 0 Å². The highest BCUT2D eigenvalue weighted by Gasteiger charge is 2.50. The number of alkyl halides is 1. The van der Waals surface area contributed by atoms with Gasteiger partial charge in [0.1, 0.15) is 35.6 Å². The Morgan fingerprint density at radius 2 is 1.87 bits per heavy atom. The number of carbonyl (C=O) groups is 3. The Hall–Kier alpha value is -3.42. The van der Waals surface area contributed by atoms with E-state index in [1.807, 2.05) is 0 Å². The van der Waals surface area contributed by atoms with E-state index in [0.29, 0.717) is 0 Å². The summed E-state index contributed by atoms with van der Waals surface area (Å²) in [5.74, 6) is -3.88. The first-order chi connectivity index (χ1) is 18.4. The minimum Gasteiger partial charge on any atom is -0.507 e. The number of methoxy groups -OCH3 is 1. The van der Waals surface area contributed by atoms with Crippen molar-refractivity contribution in [3.05, 3.63) is 51.6 Å². The highest BCUT2D eigenvalue weighted by molar-refractivity contribution is 6.31. The molecule has 208 valence electrons. The van der Waals surface area contributed by atoms with E-state index in [1.165, 1.54) is 32.2 Å². The molecule has 0 spiro atoms. The Labute approximate surface area is 221 Å². The molecular formula is C27H28FNO10. The van der Waals surface area contributed by atoms with Crippen molar-refractivity contribution in [1.29, 1.82) is 0 Å². The number of aliphatic hydroxyl groups excluding tert-OH is 1.